The average Bonchev–Trinajstić information content (AvgIpc) is 2.70. The standard InChI is InChI=1S/C12H11Cl2NOS/c1-7-15-11(6-17-7)12(16)5-8-4-9(13)2-3-10(8)14/h2-4,6,12,16H,5H2,1H3. The van der Waals surface area contributed by atoms with Crippen molar-refractivity contribution >= 4 is 34.5 Å². The van der Waals surface area contributed by atoms with E-state index in [-0.39, 0.29) is 0 Å². The molecule has 1 aromatic heterocycles. The number of hydrogen-bond acceptors (Lipinski definition) is 3. The van der Waals surface area contributed by atoms with Gasteiger partial charge in [0.1, 0.15) is 6.10 Å². The third kappa shape index (κ3) is 3.19. The minimum Gasteiger partial charge on any atom is -0.386 e. The summed E-state index contributed by atoms with van der Waals surface area (Å²) in [5, 5.41) is 14.1. The van der Waals surface area contributed by atoms with E-state index < -0.39 is 6.10 Å². The third-order valence-electron chi connectivity index (χ3n) is 2.40. The Morgan fingerprint density at radius 1 is 1.41 bits per heavy atom. The number of nitrogens with zero attached hydrogens (tertiary/aromatic N) is 1. The topological polar surface area (TPSA) is 33.1 Å². The zero-order chi connectivity index (χ0) is 12.4. The van der Waals surface area contributed by atoms with Gasteiger partial charge in [-0.15, -0.1) is 11.3 Å². The van der Waals surface area contributed by atoms with Crippen LogP contribution in [0.15, 0.2) is 23.6 Å². The number of thiazole rings is 1. The van der Waals surface area contributed by atoms with E-state index in [0.717, 1.165) is 10.6 Å². The lowest BCUT2D eigenvalue weighted by Crippen LogP contribution is -2.02. The van der Waals surface area contributed by atoms with Crippen molar-refractivity contribution in [1.29, 1.82) is 0 Å². The largest absolute Gasteiger partial charge is 0.386 e. The number of aryl methyl sites for hydroxylation is 1. The number of halogens is 2. The van der Waals surface area contributed by atoms with Gasteiger partial charge >= 0.3 is 0 Å². The Morgan fingerprint density at radius 3 is 2.82 bits per heavy atom. The highest BCUT2D eigenvalue weighted by Crippen LogP contribution is 2.26. The molecule has 0 aliphatic carbocycles. The van der Waals surface area contributed by atoms with Crippen LogP contribution in [0, 0.1) is 6.92 Å². The van der Waals surface area contributed by atoms with Crippen LogP contribution in [0.5, 0.6) is 0 Å². The minimum absolute atomic E-state index is 0.419. The van der Waals surface area contributed by atoms with Gasteiger partial charge in [0.15, 0.2) is 0 Å². The molecule has 0 saturated carbocycles. The summed E-state index contributed by atoms with van der Waals surface area (Å²) in [7, 11) is 0. The Bertz CT molecular complexity index is 527. The fourth-order valence-corrected chi connectivity index (χ4v) is 2.59. The van der Waals surface area contributed by atoms with Gasteiger partial charge in [-0.05, 0) is 30.7 Å². The Morgan fingerprint density at radius 2 is 2.18 bits per heavy atom. The van der Waals surface area contributed by atoms with Crippen molar-refractivity contribution in [1.82, 2.24) is 4.98 Å². The highest BCUT2D eigenvalue weighted by molar-refractivity contribution is 7.09. The van der Waals surface area contributed by atoms with Crippen LogP contribution in [-0.2, 0) is 6.42 Å². The van der Waals surface area contributed by atoms with Gasteiger partial charge in [-0.1, -0.05) is 23.2 Å². The van der Waals surface area contributed by atoms with Crippen molar-refractivity contribution in [3.05, 3.63) is 49.9 Å². The quantitative estimate of drug-likeness (QED) is 0.924. The number of aliphatic hydroxyl groups excluding tert-OH is 1. The van der Waals surface area contributed by atoms with E-state index in [1.54, 1.807) is 18.2 Å². The summed E-state index contributed by atoms with van der Waals surface area (Å²) < 4.78 is 0. The monoisotopic (exact) mass is 287 g/mol. The average molecular weight is 288 g/mol. The van der Waals surface area contributed by atoms with Crippen molar-refractivity contribution in [3.8, 4) is 0 Å². The van der Waals surface area contributed by atoms with Gasteiger partial charge in [0, 0.05) is 21.8 Å². The van der Waals surface area contributed by atoms with Crippen molar-refractivity contribution in [2.45, 2.75) is 19.4 Å². The molecular formula is C12H11Cl2NOS. The molecule has 0 radical (unpaired) electrons. The predicted molar refractivity (Wildman–Crippen MR) is 72.0 cm³/mol. The fraction of sp³-hybridized carbons (Fsp3) is 0.250. The number of aliphatic hydroxyl groups is 1. The lowest BCUT2D eigenvalue weighted by Gasteiger charge is -2.09. The molecule has 1 heterocycles. The Balaban J connectivity index is 2.18. The Labute approximate surface area is 114 Å². The molecule has 17 heavy (non-hydrogen) atoms. The maximum Gasteiger partial charge on any atom is 0.101 e. The van der Waals surface area contributed by atoms with Gasteiger partial charge in [-0.2, -0.15) is 0 Å². The lowest BCUT2D eigenvalue weighted by atomic mass is 10.1. The number of aromatic nitrogens is 1. The first-order valence-electron chi connectivity index (χ1n) is 5.10. The van der Waals surface area contributed by atoms with Crippen LogP contribution in [0.1, 0.15) is 22.4 Å². The van der Waals surface area contributed by atoms with Crippen molar-refractivity contribution in [3.63, 3.8) is 0 Å². The number of rotatable bonds is 3. The molecule has 0 fully saturated rings. The molecule has 1 aromatic carbocycles. The van der Waals surface area contributed by atoms with Crippen molar-refractivity contribution in [2.24, 2.45) is 0 Å². The molecule has 2 nitrogen and oxygen atoms in total. The van der Waals surface area contributed by atoms with Crippen LogP contribution in [0.2, 0.25) is 10.0 Å². The molecule has 0 saturated heterocycles. The highest BCUT2D eigenvalue weighted by Gasteiger charge is 2.13. The molecule has 2 rings (SSSR count). The van der Waals surface area contributed by atoms with Crippen molar-refractivity contribution in [2.75, 3.05) is 0 Å². The molecule has 1 unspecified atom stereocenters. The van der Waals surface area contributed by atoms with Gasteiger partial charge < -0.3 is 5.11 Å². The second-order valence-corrected chi connectivity index (χ2v) is 5.65. The fourth-order valence-electron chi connectivity index (χ4n) is 1.55. The molecular weight excluding hydrogens is 277 g/mol. The van der Waals surface area contributed by atoms with Crippen LogP contribution in [0.4, 0.5) is 0 Å². The summed E-state index contributed by atoms with van der Waals surface area (Å²) in [6, 6.07) is 5.23. The van der Waals surface area contributed by atoms with Crippen LogP contribution in [0.25, 0.3) is 0 Å². The Hall–Kier alpha value is -0.610. The van der Waals surface area contributed by atoms with Gasteiger partial charge in [0.2, 0.25) is 0 Å². The van der Waals surface area contributed by atoms with E-state index in [4.69, 9.17) is 23.2 Å². The molecule has 1 atom stereocenters. The third-order valence-corrected chi connectivity index (χ3v) is 3.79. The highest BCUT2D eigenvalue weighted by atomic mass is 35.5. The molecule has 0 amide bonds. The number of benzene rings is 1. The normalized spacial score (nSPS) is 12.7. The Kier molecular flexibility index (Phi) is 4.05. The summed E-state index contributed by atoms with van der Waals surface area (Å²) in [6.07, 6.45) is -0.223. The van der Waals surface area contributed by atoms with E-state index in [1.165, 1.54) is 11.3 Å². The summed E-state index contributed by atoms with van der Waals surface area (Å²) in [5.74, 6) is 0. The lowest BCUT2D eigenvalue weighted by molar-refractivity contribution is 0.174. The van der Waals surface area contributed by atoms with E-state index in [2.05, 4.69) is 4.98 Å². The second-order valence-electron chi connectivity index (χ2n) is 3.75. The first-order valence-corrected chi connectivity index (χ1v) is 6.74. The first-order chi connectivity index (χ1) is 8.06. The second kappa shape index (κ2) is 5.36. The molecule has 0 aliphatic rings. The zero-order valence-corrected chi connectivity index (χ0v) is 11.5. The van der Waals surface area contributed by atoms with E-state index in [1.807, 2.05) is 12.3 Å². The number of hydrogen-bond donors (Lipinski definition) is 1. The summed E-state index contributed by atoms with van der Waals surface area (Å²) >= 11 is 13.5. The van der Waals surface area contributed by atoms with E-state index in [0.29, 0.717) is 22.2 Å². The summed E-state index contributed by atoms with van der Waals surface area (Å²) in [6.45, 7) is 1.91. The van der Waals surface area contributed by atoms with Crippen LogP contribution in [0.3, 0.4) is 0 Å². The smallest absolute Gasteiger partial charge is 0.101 e. The molecule has 0 spiro atoms. The van der Waals surface area contributed by atoms with Gasteiger partial charge in [-0.3, -0.25) is 0 Å². The molecule has 90 valence electrons. The van der Waals surface area contributed by atoms with Gasteiger partial charge in [0.25, 0.3) is 0 Å². The SMILES string of the molecule is Cc1nc(C(O)Cc2cc(Cl)ccc2Cl)cs1. The first kappa shape index (κ1) is 12.8. The summed E-state index contributed by atoms with van der Waals surface area (Å²) in [4.78, 5) is 4.25. The van der Waals surface area contributed by atoms with Gasteiger partial charge in [0.05, 0.1) is 10.7 Å². The molecule has 2 aromatic rings. The maximum atomic E-state index is 10.0. The predicted octanol–water partition coefficient (Wildman–Crippen LogP) is 4.03. The minimum atomic E-state index is -0.643. The molecule has 0 aliphatic heterocycles. The zero-order valence-electron chi connectivity index (χ0n) is 9.15. The van der Waals surface area contributed by atoms with Crippen LogP contribution in [-0.4, -0.2) is 10.1 Å². The van der Waals surface area contributed by atoms with Crippen LogP contribution < -0.4 is 0 Å². The summed E-state index contributed by atoms with van der Waals surface area (Å²) in [5.41, 5.74) is 1.51. The molecule has 1 N–H and O–H groups in total. The maximum absolute atomic E-state index is 10.0. The van der Waals surface area contributed by atoms with E-state index >= 15 is 0 Å². The van der Waals surface area contributed by atoms with Crippen LogP contribution >= 0.6 is 34.5 Å². The molecule has 0 bridgehead atoms. The van der Waals surface area contributed by atoms with Gasteiger partial charge in [-0.25, -0.2) is 4.98 Å². The van der Waals surface area contributed by atoms with Crippen molar-refractivity contribution < 1.29 is 5.11 Å². The van der Waals surface area contributed by atoms with E-state index in [9.17, 15) is 5.11 Å². The molecule has 5 heteroatoms.